The van der Waals surface area contributed by atoms with Crippen molar-refractivity contribution in [3.63, 3.8) is 0 Å². The first-order chi connectivity index (χ1) is 7.97. The smallest absolute Gasteiger partial charge is 0.310 e. The van der Waals surface area contributed by atoms with Crippen LogP contribution in [0.1, 0.15) is 24.5 Å². The fourth-order valence-electron chi connectivity index (χ4n) is 1.18. The molecule has 1 aromatic rings. The molecule has 0 radical (unpaired) electrons. The van der Waals surface area contributed by atoms with Crippen LogP contribution in [0.25, 0.3) is 0 Å². The Kier molecular flexibility index (Phi) is 5.71. The van der Waals surface area contributed by atoms with E-state index in [4.69, 9.17) is 4.74 Å². The Balaban J connectivity index is 3.05. The minimum absolute atomic E-state index is 0.0692. The lowest BCUT2D eigenvalue weighted by Crippen LogP contribution is -2.11. The van der Waals surface area contributed by atoms with Gasteiger partial charge in [0.1, 0.15) is 3.70 Å². The number of nitrogens with zero attached hydrogens (tertiary/aromatic N) is 1. The number of carbonyl (C=O) groups is 1. The molecule has 0 N–H and O–H groups in total. The SMILES string of the molecule is CCOC(=O)Cc1c(I)ncc(C(F)F)c1Br. The summed E-state index contributed by atoms with van der Waals surface area (Å²) in [5, 5.41) is 0. The van der Waals surface area contributed by atoms with E-state index in [1.807, 2.05) is 22.6 Å². The molecule has 1 heterocycles. The predicted octanol–water partition coefficient (Wildman–Crippen LogP) is 3.49. The normalized spacial score (nSPS) is 10.7. The van der Waals surface area contributed by atoms with E-state index in [1.54, 1.807) is 6.92 Å². The zero-order chi connectivity index (χ0) is 13.0. The van der Waals surface area contributed by atoms with Gasteiger partial charge in [0.2, 0.25) is 0 Å². The molecule has 1 rings (SSSR count). The van der Waals surface area contributed by atoms with Gasteiger partial charge in [-0.05, 0) is 45.4 Å². The Morgan fingerprint density at radius 3 is 2.82 bits per heavy atom. The molecule has 0 aliphatic carbocycles. The van der Waals surface area contributed by atoms with Crippen molar-refractivity contribution in [1.82, 2.24) is 4.98 Å². The van der Waals surface area contributed by atoms with Crippen molar-refractivity contribution >= 4 is 44.5 Å². The molecular formula is C10H9BrF2INO2. The van der Waals surface area contributed by atoms with Crippen LogP contribution in [-0.2, 0) is 16.0 Å². The molecule has 0 aliphatic heterocycles. The first-order valence-corrected chi connectivity index (χ1v) is 6.61. The van der Waals surface area contributed by atoms with Crippen LogP contribution < -0.4 is 0 Å². The highest BCUT2D eigenvalue weighted by atomic mass is 127. The van der Waals surface area contributed by atoms with Crippen molar-refractivity contribution in [2.75, 3.05) is 6.61 Å². The van der Waals surface area contributed by atoms with Crippen LogP contribution in [0.2, 0.25) is 0 Å². The number of hydrogen-bond acceptors (Lipinski definition) is 3. The zero-order valence-electron chi connectivity index (χ0n) is 8.84. The summed E-state index contributed by atoms with van der Waals surface area (Å²) in [6.07, 6.45) is -1.60. The van der Waals surface area contributed by atoms with Crippen LogP contribution >= 0.6 is 38.5 Å². The maximum Gasteiger partial charge on any atom is 0.310 e. The molecule has 7 heteroatoms. The van der Waals surface area contributed by atoms with Crippen molar-refractivity contribution in [1.29, 1.82) is 0 Å². The van der Waals surface area contributed by atoms with Crippen LogP contribution in [0, 0.1) is 3.70 Å². The van der Waals surface area contributed by atoms with Gasteiger partial charge in [-0.1, -0.05) is 0 Å². The summed E-state index contributed by atoms with van der Waals surface area (Å²) in [6, 6.07) is 0. The fourth-order valence-corrected chi connectivity index (χ4v) is 2.76. The number of esters is 1. The molecular weight excluding hydrogens is 411 g/mol. The molecule has 0 saturated heterocycles. The zero-order valence-corrected chi connectivity index (χ0v) is 12.6. The predicted molar refractivity (Wildman–Crippen MR) is 69.9 cm³/mol. The summed E-state index contributed by atoms with van der Waals surface area (Å²) in [5.74, 6) is -0.459. The third-order valence-electron chi connectivity index (χ3n) is 1.95. The molecule has 3 nitrogen and oxygen atoms in total. The molecule has 0 bridgehead atoms. The Morgan fingerprint density at radius 2 is 2.29 bits per heavy atom. The Hall–Kier alpha value is -0.310. The minimum Gasteiger partial charge on any atom is -0.466 e. The molecule has 94 valence electrons. The van der Waals surface area contributed by atoms with Crippen LogP contribution in [0.15, 0.2) is 10.7 Å². The third-order valence-corrected chi connectivity index (χ3v) is 3.81. The van der Waals surface area contributed by atoms with Gasteiger partial charge in [-0.3, -0.25) is 4.79 Å². The second kappa shape index (κ2) is 6.58. The number of ether oxygens (including phenoxy) is 1. The number of alkyl halides is 2. The van der Waals surface area contributed by atoms with Gasteiger partial charge in [-0.15, -0.1) is 0 Å². The van der Waals surface area contributed by atoms with Gasteiger partial charge in [-0.25, -0.2) is 13.8 Å². The van der Waals surface area contributed by atoms with Gasteiger partial charge in [0.15, 0.2) is 0 Å². The van der Waals surface area contributed by atoms with E-state index in [1.165, 1.54) is 0 Å². The van der Waals surface area contributed by atoms with Gasteiger partial charge >= 0.3 is 5.97 Å². The standard InChI is InChI=1S/C10H9BrF2INO2/c1-2-17-7(16)3-5-8(11)6(9(12)13)4-15-10(5)14/h4,9H,2-3H2,1H3. The van der Waals surface area contributed by atoms with E-state index in [0.717, 1.165) is 6.20 Å². The third kappa shape index (κ3) is 3.84. The molecule has 0 amide bonds. The molecule has 0 saturated carbocycles. The molecule has 0 fully saturated rings. The lowest BCUT2D eigenvalue weighted by molar-refractivity contribution is -0.142. The second-order valence-electron chi connectivity index (χ2n) is 3.08. The molecule has 0 spiro atoms. The van der Waals surface area contributed by atoms with Gasteiger partial charge < -0.3 is 4.74 Å². The Bertz CT molecular complexity index is 429. The van der Waals surface area contributed by atoms with E-state index in [2.05, 4.69) is 20.9 Å². The van der Waals surface area contributed by atoms with Gasteiger partial charge in [0, 0.05) is 16.2 Å². The minimum atomic E-state index is -2.63. The van der Waals surface area contributed by atoms with E-state index in [0.29, 0.717) is 9.26 Å². The van der Waals surface area contributed by atoms with Crippen LogP contribution in [0.4, 0.5) is 8.78 Å². The van der Waals surface area contributed by atoms with Crippen molar-refractivity contribution in [2.45, 2.75) is 19.8 Å². The van der Waals surface area contributed by atoms with Gasteiger partial charge in [0.05, 0.1) is 18.6 Å². The van der Waals surface area contributed by atoms with Crippen LogP contribution in [0.3, 0.4) is 0 Å². The lowest BCUT2D eigenvalue weighted by atomic mass is 10.1. The highest BCUT2D eigenvalue weighted by Crippen LogP contribution is 2.31. The van der Waals surface area contributed by atoms with Crippen molar-refractivity contribution < 1.29 is 18.3 Å². The lowest BCUT2D eigenvalue weighted by Gasteiger charge is -2.10. The molecule has 1 aromatic heterocycles. The molecule has 0 atom stereocenters. The van der Waals surface area contributed by atoms with E-state index in [9.17, 15) is 13.6 Å². The first-order valence-electron chi connectivity index (χ1n) is 4.73. The maximum absolute atomic E-state index is 12.6. The fraction of sp³-hybridized carbons (Fsp3) is 0.400. The number of halogens is 4. The first kappa shape index (κ1) is 14.7. The summed E-state index contributed by atoms with van der Waals surface area (Å²) >= 11 is 4.97. The number of rotatable bonds is 4. The highest BCUT2D eigenvalue weighted by Gasteiger charge is 2.19. The molecule has 17 heavy (non-hydrogen) atoms. The van der Waals surface area contributed by atoms with Crippen molar-refractivity contribution in [3.05, 3.63) is 25.5 Å². The number of pyridine rings is 1. The molecule has 0 aliphatic rings. The monoisotopic (exact) mass is 419 g/mol. The number of hydrogen-bond donors (Lipinski definition) is 0. The summed E-state index contributed by atoms with van der Waals surface area (Å²) in [4.78, 5) is 15.2. The van der Waals surface area contributed by atoms with Crippen LogP contribution in [0.5, 0.6) is 0 Å². The molecule has 0 unspecified atom stereocenters. The van der Waals surface area contributed by atoms with E-state index < -0.39 is 12.4 Å². The Labute approximate surface area is 119 Å². The average molecular weight is 420 g/mol. The summed E-state index contributed by atoms with van der Waals surface area (Å²) in [7, 11) is 0. The van der Waals surface area contributed by atoms with Crippen LogP contribution in [-0.4, -0.2) is 17.6 Å². The topological polar surface area (TPSA) is 39.2 Å². The van der Waals surface area contributed by atoms with Gasteiger partial charge in [-0.2, -0.15) is 0 Å². The van der Waals surface area contributed by atoms with Gasteiger partial charge in [0.25, 0.3) is 6.43 Å². The summed E-state index contributed by atoms with van der Waals surface area (Å²) in [5.41, 5.74) is 0.214. The number of aromatic nitrogens is 1. The second-order valence-corrected chi connectivity index (χ2v) is 4.89. The van der Waals surface area contributed by atoms with Crippen molar-refractivity contribution in [2.24, 2.45) is 0 Å². The maximum atomic E-state index is 12.6. The van der Waals surface area contributed by atoms with E-state index in [-0.39, 0.29) is 23.1 Å². The van der Waals surface area contributed by atoms with E-state index >= 15 is 0 Å². The number of carbonyl (C=O) groups excluding carboxylic acids is 1. The summed E-state index contributed by atoms with van der Waals surface area (Å²) in [6.45, 7) is 1.95. The largest absolute Gasteiger partial charge is 0.466 e. The average Bonchev–Trinajstić information content (AvgIpc) is 2.24. The Morgan fingerprint density at radius 1 is 1.65 bits per heavy atom. The van der Waals surface area contributed by atoms with Crippen molar-refractivity contribution in [3.8, 4) is 0 Å². The highest BCUT2D eigenvalue weighted by molar-refractivity contribution is 14.1. The molecule has 0 aromatic carbocycles. The quantitative estimate of drug-likeness (QED) is 0.426. The summed E-state index contributed by atoms with van der Waals surface area (Å²) < 4.78 is 30.8.